The number of carbonyl (C=O) groups is 3. The highest BCUT2D eigenvalue weighted by atomic mass is 19.1. The van der Waals surface area contributed by atoms with Gasteiger partial charge >= 0.3 is 0 Å². The van der Waals surface area contributed by atoms with Crippen LogP contribution in [0.2, 0.25) is 0 Å². The maximum absolute atomic E-state index is 13.2. The van der Waals surface area contributed by atoms with Crippen LogP contribution in [0.25, 0.3) is 0 Å². The number of hydrogen-bond donors (Lipinski definition) is 2. The van der Waals surface area contributed by atoms with E-state index >= 15 is 0 Å². The number of halogens is 1. The Morgan fingerprint density at radius 3 is 2.49 bits per heavy atom. The van der Waals surface area contributed by atoms with Crippen LogP contribution in [0.3, 0.4) is 0 Å². The first-order valence-electron chi connectivity index (χ1n) is 12.4. The summed E-state index contributed by atoms with van der Waals surface area (Å²) < 4.78 is 24.0. The van der Waals surface area contributed by atoms with E-state index in [1.807, 2.05) is 18.2 Å². The first-order valence-corrected chi connectivity index (χ1v) is 12.4. The van der Waals surface area contributed by atoms with Crippen LogP contribution in [0.15, 0.2) is 42.5 Å². The molecule has 11 heteroatoms. The molecule has 196 valence electrons. The second kappa shape index (κ2) is 11.1. The molecule has 0 saturated carbocycles. The fourth-order valence-corrected chi connectivity index (χ4v) is 4.82. The molecular formula is C26H30FN5O5. The third-order valence-corrected chi connectivity index (χ3v) is 6.82. The summed E-state index contributed by atoms with van der Waals surface area (Å²) in [6, 6.07) is 10.5. The Balaban J connectivity index is 1.11. The summed E-state index contributed by atoms with van der Waals surface area (Å²) in [7, 11) is 0. The van der Waals surface area contributed by atoms with Crippen molar-refractivity contribution in [1.29, 1.82) is 0 Å². The molecular weight excluding hydrogens is 481 g/mol. The number of fused-ring (bicyclic) bond motifs is 1. The summed E-state index contributed by atoms with van der Waals surface area (Å²) in [5.74, 6) is 0.206. The maximum Gasteiger partial charge on any atom is 0.243 e. The predicted octanol–water partition coefficient (Wildman–Crippen LogP) is 1.03. The van der Waals surface area contributed by atoms with Gasteiger partial charge in [-0.1, -0.05) is 6.07 Å². The van der Waals surface area contributed by atoms with Crippen molar-refractivity contribution >= 4 is 23.4 Å². The average molecular weight is 512 g/mol. The van der Waals surface area contributed by atoms with Gasteiger partial charge in [0.2, 0.25) is 24.5 Å². The molecule has 3 aliphatic rings. The molecule has 0 radical (unpaired) electrons. The van der Waals surface area contributed by atoms with Crippen LogP contribution in [0.5, 0.6) is 11.5 Å². The van der Waals surface area contributed by atoms with Crippen molar-refractivity contribution in [2.45, 2.75) is 19.0 Å². The minimum Gasteiger partial charge on any atom is -0.454 e. The molecule has 2 N–H and O–H groups in total. The predicted molar refractivity (Wildman–Crippen MR) is 132 cm³/mol. The van der Waals surface area contributed by atoms with Crippen molar-refractivity contribution in [2.75, 3.05) is 57.9 Å². The van der Waals surface area contributed by atoms with Crippen LogP contribution in [0.1, 0.15) is 12.0 Å². The van der Waals surface area contributed by atoms with Gasteiger partial charge in [-0.2, -0.15) is 0 Å². The van der Waals surface area contributed by atoms with E-state index in [0.717, 1.165) is 49.8 Å². The van der Waals surface area contributed by atoms with Crippen molar-refractivity contribution in [3.8, 4) is 11.5 Å². The number of carbonyl (C=O) groups excluding carboxylic acids is 3. The second-order valence-electron chi connectivity index (χ2n) is 9.39. The number of rotatable bonds is 7. The van der Waals surface area contributed by atoms with E-state index in [1.165, 1.54) is 29.2 Å². The van der Waals surface area contributed by atoms with Gasteiger partial charge in [0.05, 0.1) is 13.0 Å². The van der Waals surface area contributed by atoms with Crippen molar-refractivity contribution in [1.82, 2.24) is 20.0 Å². The minimum absolute atomic E-state index is 0.168. The van der Waals surface area contributed by atoms with Gasteiger partial charge in [-0.25, -0.2) is 4.39 Å². The van der Waals surface area contributed by atoms with Gasteiger partial charge in [-0.05, 0) is 42.0 Å². The van der Waals surface area contributed by atoms with Crippen molar-refractivity contribution in [3.63, 3.8) is 0 Å². The lowest BCUT2D eigenvalue weighted by Gasteiger charge is -2.38. The number of benzene rings is 2. The molecule has 0 unspecified atom stereocenters. The zero-order valence-corrected chi connectivity index (χ0v) is 20.5. The van der Waals surface area contributed by atoms with Gasteiger partial charge in [0, 0.05) is 51.5 Å². The molecule has 3 heterocycles. The molecule has 0 spiro atoms. The molecule has 1 atom stereocenters. The van der Waals surface area contributed by atoms with Crippen molar-refractivity contribution < 1.29 is 28.2 Å². The zero-order valence-electron chi connectivity index (χ0n) is 20.5. The molecule has 0 bridgehead atoms. The highest BCUT2D eigenvalue weighted by Crippen LogP contribution is 2.32. The number of nitrogens with zero attached hydrogens (tertiary/aromatic N) is 3. The third kappa shape index (κ3) is 6.17. The van der Waals surface area contributed by atoms with Crippen LogP contribution in [0.4, 0.5) is 10.1 Å². The van der Waals surface area contributed by atoms with Gasteiger partial charge in [0.25, 0.3) is 0 Å². The maximum atomic E-state index is 13.2. The summed E-state index contributed by atoms with van der Waals surface area (Å²) in [5.41, 5.74) is 1.58. The van der Waals surface area contributed by atoms with Crippen LogP contribution >= 0.6 is 0 Å². The van der Waals surface area contributed by atoms with Gasteiger partial charge in [-0.15, -0.1) is 0 Å². The largest absolute Gasteiger partial charge is 0.454 e. The second-order valence-corrected chi connectivity index (χ2v) is 9.39. The van der Waals surface area contributed by atoms with Gasteiger partial charge < -0.3 is 25.0 Å². The molecule has 5 rings (SSSR count). The topological polar surface area (TPSA) is 103 Å². The average Bonchev–Trinajstić information content (AvgIpc) is 3.36. The monoisotopic (exact) mass is 511 g/mol. The Morgan fingerprint density at radius 2 is 1.70 bits per heavy atom. The molecule has 0 aliphatic carbocycles. The Bertz CT molecular complexity index is 1150. The Hall–Kier alpha value is -3.70. The lowest BCUT2D eigenvalue weighted by molar-refractivity contribution is -0.145. The Kier molecular flexibility index (Phi) is 7.52. The smallest absolute Gasteiger partial charge is 0.243 e. The molecule has 2 saturated heterocycles. The molecule has 2 aromatic carbocycles. The number of anilines is 1. The van der Waals surface area contributed by atoms with Gasteiger partial charge in [0.15, 0.2) is 11.5 Å². The SMILES string of the molecule is O=C(C[C@@H]1C(=O)NCCN1C(=O)CN1CCN(Cc2ccc3c(c2)OCO3)CC1)Nc1ccc(F)cc1. The quantitative estimate of drug-likeness (QED) is 0.572. The van der Waals surface area contributed by atoms with E-state index in [1.54, 1.807) is 0 Å². The standard InChI is InChI=1S/C26H30FN5O5/c27-19-2-4-20(5-3-19)29-24(33)14-21-26(35)28-7-8-32(21)25(34)16-31-11-9-30(10-12-31)15-18-1-6-22-23(13-18)37-17-36-22/h1-6,13,21H,7-12,14-17H2,(H,28,35)(H,29,33)/t21-/m1/s1. The Labute approximate surface area is 214 Å². The highest BCUT2D eigenvalue weighted by Gasteiger charge is 2.35. The lowest BCUT2D eigenvalue weighted by atomic mass is 10.1. The van der Waals surface area contributed by atoms with E-state index in [0.29, 0.717) is 18.8 Å². The van der Waals surface area contributed by atoms with E-state index in [2.05, 4.69) is 20.4 Å². The van der Waals surface area contributed by atoms with Crippen molar-refractivity contribution in [2.24, 2.45) is 0 Å². The highest BCUT2D eigenvalue weighted by molar-refractivity contribution is 5.97. The third-order valence-electron chi connectivity index (χ3n) is 6.82. The fourth-order valence-electron chi connectivity index (χ4n) is 4.82. The van der Waals surface area contributed by atoms with E-state index in [9.17, 15) is 18.8 Å². The number of hydrogen-bond acceptors (Lipinski definition) is 7. The normalized spacial score (nSPS) is 20.0. The summed E-state index contributed by atoms with van der Waals surface area (Å²) in [5, 5.41) is 5.40. The van der Waals surface area contributed by atoms with Crippen molar-refractivity contribution in [3.05, 3.63) is 53.8 Å². The number of amides is 3. The molecule has 2 aromatic rings. The number of ether oxygens (including phenoxy) is 2. The molecule has 3 amide bonds. The fraction of sp³-hybridized carbons (Fsp3) is 0.423. The molecule has 2 fully saturated rings. The molecule has 0 aromatic heterocycles. The summed E-state index contributed by atoms with van der Waals surface area (Å²) in [6.45, 7) is 5.02. The summed E-state index contributed by atoms with van der Waals surface area (Å²) in [6.07, 6.45) is -0.168. The summed E-state index contributed by atoms with van der Waals surface area (Å²) in [4.78, 5) is 44.2. The lowest BCUT2D eigenvalue weighted by Crippen LogP contribution is -2.60. The van der Waals surface area contributed by atoms with Crippen LogP contribution < -0.4 is 20.1 Å². The first kappa shape index (κ1) is 25.0. The number of nitrogens with one attached hydrogen (secondary N) is 2. The molecule has 37 heavy (non-hydrogen) atoms. The molecule has 3 aliphatic heterocycles. The van der Waals surface area contributed by atoms with Gasteiger partial charge in [0.1, 0.15) is 11.9 Å². The van der Waals surface area contributed by atoms with E-state index in [4.69, 9.17) is 9.47 Å². The van der Waals surface area contributed by atoms with Crippen LogP contribution in [-0.4, -0.2) is 91.1 Å². The minimum atomic E-state index is -0.881. The van der Waals surface area contributed by atoms with E-state index < -0.39 is 17.8 Å². The van der Waals surface area contributed by atoms with Crippen LogP contribution in [-0.2, 0) is 20.9 Å². The number of piperazine rings is 2. The first-order chi connectivity index (χ1) is 17.9. The summed E-state index contributed by atoms with van der Waals surface area (Å²) >= 11 is 0. The van der Waals surface area contributed by atoms with Crippen LogP contribution in [0, 0.1) is 5.82 Å². The zero-order chi connectivity index (χ0) is 25.8. The Morgan fingerprint density at radius 1 is 0.973 bits per heavy atom. The molecule has 10 nitrogen and oxygen atoms in total. The van der Waals surface area contributed by atoms with E-state index in [-0.39, 0.29) is 31.6 Å². The van der Waals surface area contributed by atoms with Gasteiger partial charge in [-0.3, -0.25) is 24.2 Å².